The molecule has 0 heterocycles. The Morgan fingerprint density at radius 1 is 1.18 bits per heavy atom. The van der Waals surface area contributed by atoms with Gasteiger partial charge < -0.3 is 20.5 Å². The van der Waals surface area contributed by atoms with Gasteiger partial charge in [-0.2, -0.15) is 0 Å². The molecule has 1 aromatic rings. The summed E-state index contributed by atoms with van der Waals surface area (Å²) in [6.45, 7) is 0.514. The Morgan fingerprint density at radius 2 is 1.82 bits per heavy atom. The Hall–Kier alpha value is -1.46. The van der Waals surface area contributed by atoms with Gasteiger partial charge in [0.25, 0.3) is 5.91 Å². The third-order valence-corrected chi connectivity index (χ3v) is 4.10. The van der Waals surface area contributed by atoms with Crippen LogP contribution in [0.5, 0.6) is 11.5 Å². The number of methoxy groups -OCH3 is 2. The van der Waals surface area contributed by atoms with Gasteiger partial charge >= 0.3 is 0 Å². The molecule has 0 saturated heterocycles. The van der Waals surface area contributed by atoms with Crippen molar-refractivity contribution in [3.8, 4) is 11.5 Å². The minimum absolute atomic E-state index is 0. The number of carbonyl (C=O) groups excluding carboxylic acids is 1. The molecule has 22 heavy (non-hydrogen) atoms. The van der Waals surface area contributed by atoms with Crippen LogP contribution in [0.1, 0.15) is 42.5 Å². The van der Waals surface area contributed by atoms with Crippen LogP contribution in [-0.4, -0.2) is 32.2 Å². The lowest BCUT2D eigenvalue weighted by Gasteiger charge is -2.33. The van der Waals surface area contributed by atoms with Gasteiger partial charge in [0.05, 0.1) is 14.2 Å². The SMILES string of the molecule is COc1ccc(C(=O)NCC2(N)CCCCC2)cc1OC.Cl. The predicted octanol–water partition coefficient (Wildman–Crippen LogP) is 2.52. The topological polar surface area (TPSA) is 73.6 Å². The van der Waals surface area contributed by atoms with Crippen molar-refractivity contribution in [2.45, 2.75) is 37.6 Å². The number of nitrogens with one attached hydrogen (secondary N) is 1. The number of benzene rings is 1. The zero-order chi connectivity index (χ0) is 15.3. The molecule has 0 aromatic heterocycles. The van der Waals surface area contributed by atoms with E-state index < -0.39 is 0 Å². The molecule has 1 aliphatic carbocycles. The Balaban J connectivity index is 0.00000242. The van der Waals surface area contributed by atoms with Gasteiger partial charge in [-0.05, 0) is 31.0 Å². The van der Waals surface area contributed by atoms with Crippen molar-refractivity contribution >= 4 is 18.3 Å². The summed E-state index contributed by atoms with van der Waals surface area (Å²) in [5.74, 6) is 1.02. The summed E-state index contributed by atoms with van der Waals surface area (Å²) in [7, 11) is 3.12. The average molecular weight is 329 g/mol. The van der Waals surface area contributed by atoms with E-state index in [1.807, 2.05) is 0 Å². The van der Waals surface area contributed by atoms with Crippen LogP contribution in [0.25, 0.3) is 0 Å². The van der Waals surface area contributed by atoms with Crippen molar-refractivity contribution in [3.63, 3.8) is 0 Å². The predicted molar refractivity (Wildman–Crippen MR) is 89.1 cm³/mol. The fourth-order valence-electron chi connectivity index (χ4n) is 2.77. The summed E-state index contributed by atoms with van der Waals surface area (Å²) < 4.78 is 10.4. The van der Waals surface area contributed by atoms with Gasteiger partial charge in [-0.15, -0.1) is 12.4 Å². The van der Waals surface area contributed by atoms with Crippen molar-refractivity contribution in [2.24, 2.45) is 5.73 Å². The van der Waals surface area contributed by atoms with Gasteiger partial charge in [0.2, 0.25) is 0 Å². The highest BCUT2D eigenvalue weighted by molar-refractivity contribution is 5.94. The Morgan fingerprint density at radius 3 is 2.41 bits per heavy atom. The molecule has 1 amide bonds. The van der Waals surface area contributed by atoms with E-state index in [1.165, 1.54) is 6.42 Å². The molecule has 1 fully saturated rings. The molecule has 1 aromatic carbocycles. The second-order valence-electron chi connectivity index (χ2n) is 5.68. The van der Waals surface area contributed by atoms with E-state index in [9.17, 15) is 4.79 Å². The van der Waals surface area contributed by atoms with Crippen LogP contribution in [0.4, 0.5) is 0 Å². The van der Waals surface area contributed by atoms with Crippen LogP contribution in [-0.2, 0) is 0 Å². The van der Waals surface area contributed by atoms with E-state index in [0.717, 1.165) is 25.7 Å². The van der Waals surface area contributed by atoms with Crippen molar-refractivity contribution in [3.05, 3.63) is 23.8 Å². The summed E-state index contributed by atoms with van der Waals surface area (Å²) in [6.07, 6.45) is 5.46. The summed E-state index contributed by atoms with van der Waals surface area (Å²) in [6, 6.07) is 5.13. The monoisotopic (exact) mass is 328 g/mol. The van der Waals surface area contributed by atoms with Crippen molar-refractivity contribution in [1.82, 2.24) is 5.32 Å². The summed E-state index contributed by atoms with van der Waals surface area (Å²) >= 11 is 0. The molecule has 5 nitrogen and oxygen atoms in total. The highest BCUT2D eigenvalue weighted by atomic mass is 35.5. The van der Waals surface area contributed by atoms with Crippen molar-refractivity contribution in [2.75, 3.05) is 20.8 Å². The number of hydrogen-bond donors (Lipinski definition) is 2. The maximum absolute atomic E-state index is 12.2. The van der Waals surface area contributed by atoms with Crippen LogP contribution in [0.15, 0.2) is 18.2 Å². The fraction of sp³-hybridized carbons (Fsp3) is 0.562. The van der Waals surface area contributed by atoms with Crippen molar-refractivity contribution < 1.29 is 14.3 Å². The molecule has 0 bridgehead atoms. The maximum atomic E-state index is 12.2. The smallest absolute Gasteiger partial charge is 0.251 e. The zero-order valence-corrected chi connectivity index (χ0v) is 14.0. The molecule has 2 rings (SSSR count). The van der Waals surface area contributed by atoms with Crippen LogP contribution in [0.2, 0.25) is 0 Å². The minimum atomic E-state index is -0.259. The Bertz CT molecular complexity index is 502. The molecule has 0 aliphatic heterocycles. The van der Waals surface area contributed by atoms with Crippen LogP contribution in [0, 0.1) is 0 Å². The van der Waals surface area contributed by atoms with Crippen LogP contribution >= 0.6 is 12.4 Å². The second-order valence-corrected chi connectivity index (χ2v) is 5.68. The van der Waals surface area contributed by atoms with Gasteiger partial charge in [0.15, 0.2) is 11.5 Å². The lowest BCUT2D eigenvalue weighted by Crippen LogP contribution is -2.51. The van der Waals surface area contributed by atoms with E-state index >= 15 is 0 Å². The number of nitrogens with two attached hydrogens (primary N) is 1. The number of amides is 1. The third-order valence-electron chi connectivity index (χ3n) is 4.10. The molecule has 0 unspecified atom stereocenters. The Labute approximate surface area is 138 Å². The first-order chi connectivity index (χ1) is 10.1. The second kappa shape index (κ2) is 8.25. The third kappa shape index (κ3) is 4.52. The average Bonchev–Trinajstić information content (AvgIpc) is 2.52. The van der Waals surface area contributed by atoms with Crippen LogP contribution < -0.4 is 20.5 Å². The number of halogens is 1. The lowest BCUT2D eigenvalue weighted by atomic mass is 9.82. The maximum Gasteiger partial charge on any atom is 0.251 e. The number of ether oxygens (including phenoxy) is 2. The van der Waals surface area contributed by atoms with E-state index in [-0.39, 0.29) is 23.9 Å². The largest absolute Gasteiger partial charge is 0.493 e. The quantitative estimate of drug-likeness (QED) is 0.871. The number of hydrogen-bond acceptors (Lipinski definition) is 4. The lowest BCUT2D eigenvalue weighted by molar-refractivity contribution is 0.0937. The summed E-state index contributed by atoms with van der Waals surface area (Å²) in [5, 5.41) is 2.94. The molecule has 124 valence electrons. The first-order valence-corrected chi connectivity index (χ1v) is 7.37. The molecule has 1 aliphatic rings. The molecule has 3 N–H and O–H groups in total. The van der Waals surface area contributed by atoms with Crippen LogP contribution in [0.3, 0.4) is 0 Å². The van der Waals surface area contributed by atoms with E-state index in [4.69, 9.17) is 15.2 Å². The molecule has 0 atom stereocenters. The van der Waals surface area contributed by atoms with Gasteiger partial charge in [-0.3, -0.25) is 4.79 Å². The Kier molecular flexibility index (Phi) is 6.97. The number of rotatable bonds is 5. The summed E-state index contributed by atoms with van der Waals surface area (Å²) in [5.41, 5.74) is 6.62. The normalized spacial score (nSPS) is 16.3. The fourth-order valence-corrected chi connectivity index (χ4v) is 2.77. The highest BCUT2D eigenvalue weighted by Crippen LogP contribution is 2.28. The van der Waals surface area contributed by atoms with E-state index in [0.29, 0.717) is 23.6 Å². The molecule has 0 radical (unpaired) electrons. The van der Waals surface area contributed by atoms with Gasteiger partial charge in [0, 0.05) is 17.6 Å². The van der Waals surface area contributed by atoms with Gasteiger partial charge in [0.1, 0.15) is 0 Å². The minimum Gasteiger partial charge on any atom is -0.493 e. The first kappa shape index (κ1) is 18.6. The number of carbonyl (C=O) groups is 1. The molecular weight excluding hydrogens is 304 g/mol. The molecule has 0 spiro atoms. The molecular formula is C16H25ClN2O3. The highest BCUT2D eigenvalue weighted by Gasteiger charge is 2.27. The zero-order valence-electron chi connectivity index (χ0n) is 13.2. The molecule has 6 heteroatoms. The van der Waals surface area contributed by atoms with Crippen molar-refractivity contribution in [1.29, 1.82) is 0 Å². The summed E-state index contributed by atoms with van der Waals surface area (Å²) in [4.78, 5) is 12.2. The van der Waals surface area contributed by atoms with E-state index in [2.05, 4.69) is 5.32 Å². The standard InChI is InChI=1S/C16H24N2O3.ClH/c1-20-13-7-6-12(10-14(13)21-2)15(19)18-11-16(17)8-4-3-5-9-16;/h6-7,10H,3-5,8-9,11,17H2,1-2H3,(H,18,19);1H. The molecule has 1 saturated carbocycles. The van der Waals surface area contributed by atoms with Gasteiger partial charge in [-0.1, -0.05) is 19.3 Å². The van der Waals surface area contributed by atoms with E-state index in [1.54, 1.807) is 32.4 Å². The van der Waals surface area contributed by atoms with Gasteiger partial charge in [-0.25, -0.2) is 0 Å². The first-order valence-electron chi connectivity index (χ1n) is 7.37.